The molecule has 0 aliphatic carbocycles. The molecule has 92 valence electrons. The Bertz CT molecular complexity index is 418. The van der Waals surface area contributed by atoms with E-state index in [2.05, 4.69) is 10.4 Å². The van der Waals surface area contributed by atoms with Gasteiger partial charge in [-0.1, -0.05) is 0 Å². The smallest absolute Gasteiger partial charge is 0.363 e. The molecule has 2 heterocycles. The topological polar surface area (TPSA) is 110 Å². The molecule has 17 heavy (non-hydrogen) atoms. The zero-order valence-electron chi connectivity index (χ0n) is 9.00. The number of piperidine rings is 1. The molecule has 0 spiro atoms. The average molecular weight is 240 g/mol. The van der Waals surface area contributed by atoms with Crippen molar-refractivity contribution in [1.29, 1.82) is 0 Å². The summed E-state index contributed by atoms with van der Waals surface area (Å²) in [6, 6.07) is 0.0306. The number of carboxylic acids is 1. The number of carboxylic acid groups (broad SMARTS) is 1. The molecule has 0 amide bonds. The molecule has 0 unspecified atom stereocenters. The number of rotatable bonds is 3. The van der Waals surface area contributed by atoms with Gasteiger partial charge in [-0.3, -0.25) is 14.8 Å². The van der Waals surface area contributed by atoms with Crippen molar-refractivity contribution in [3.8, 4) is 0 Å². The SMILES string of the molecule is O=C(O)c1nn(C2CCNCC2)cc1[N+](=O)[O-]. The summed E-state index contributed by atoms with van der Waals surface area (Å²) in [7, 11) is 0. The van der Waals surface area contributed by atoms with Crippen molar-refractivity contribution in [3.05, 3.63) is 22.0 Å². The largest absolute Gasteiger partial charge is 0.476 e. The molecular weight excluding hydrogens is 228 g/mol. The number of nitrogens with one attached hydrogen (secondary N) is 1. The van der Waals surface area contributed by atoms with E-state index in [9.17, 15) is 14.9 Å². The van der Waals surface area contributed by atoms with Gasteiger partial charge in [0.25, 0.3) is 0 Å². The van der Waals surface area contributed by atoms with Crippen LogP contribution < -0.4 is 5.32 Å². The molecule has 2 N–H and O–H groups in total. The van der Waals surface area contributed by atoms with Crippen molar-refractivity contribution in [3.63, 3.8) is 0 Å². The quantitative estimate of drug-likeness (QED) is 0.585. The maximum Gasteiger partial charge on any atom is 0.363 e. The van der Waals surface area contributed by atoms with Crippen LogP contribution in [0.15, 0.2) is 6.20 Å². The van der Waals surface area contributed by atoms with E-state index in [1.54, 1.807) is 0 Å². The molecule has 1 fully saturated rings. The molecule has 0 atom stereocenters. The third-order valence-corrected chi connectivity index (χ3v) is 2.79. The van der Waals surface area contributed by atoms with Crippen molar-refractivity contribution in [2.75, 3.05) is 13.1 Å². The molecule has 0 bridgehead atoms. The van der Waals surface area contributed by atoms with Crippen molar-refractivity contribution < 1.29 is 14.8 Å². The molecule has 8 heteroatoms. The molecule has 1 saturated heterocycles. The molecule has 0 radical (unpaired) electrons. The lowest BCUT2D eigenvalue weighted by atomic mass is 10.1. The van der Waals surface area contributed by atoms with Crippen LogP contribution in [0.5, 0.6) is 0 Å². The fourth-order valence-corrected chi connectivity index (χ4v) is 1.93. The zero-order chi connectivity index (χ0) is 12.4. The van der Waals surface area contributed by atoms with Gasteiger partial charge in [-0.2, -0.15) is 5.10 Å². The van der Waals surface area contributed by atoms with E-state index >= 15 is 0 Å². The van der Waals surface area contributed by atoms with Crippen LogP contribution in [-0.2, 0) is 0 Å². The first-order chi connectivity index (χ1) is 8.09. The van der Waals surface area contributed by atoms with Gasteiger partial charge in [-0.05, 0) is 25.9 Å². The highest BCUT2D eigenvalue weighted by atomic mass is 16.6. The van der Waals surface area contributed by atoms with Gasteiger partial charge in [-0.25, -0.2) is 4.79 Å². The number of aromatic nitrogens is 2. The summed E-state index contributed by atoms with van der Waals surface area (Å²) in [6.45, 7) is 1.61. The van der Waals surface area contributed by atoms with Gasteiger partial charge in [-0.15, -0.1) is 0 Å². The first kappa shape index (κ1) is 11.5. The molecule has 8 nitrogen and oxygen atoms in total. The predicted octanol–water partition coefficient (Wildman–Crippen LogP) is 0.414. The van der Waals surface area contributed by atoms with Crippen molar-refractivity contribution >= 4 is 11.7 Å². The summed E-state index contributed by atoms with van der Waals surface area (Å²) in [5.41, 5.74) is -0.940. The summed E-state index contributed by atoms with van der Waals surface area (Å²) >= 11 is 0. The van der Waals surface area contributed by atoms with Crippen LogP contribution in [-0.4, -0.2) is 38.9 Å². The van der Waals surface area contributed by atoms with Gasteiger partial charge in [0.05, 0.1) is 11.0 Å². The van der Waals surface area contributed by atoms with Crippen LogP contribution in [0.2, 0.25) is 0 Å². The standard InChI is InChI=1S/C9H12N4O4/c14-9(15)8-7(13(16)17)5-12(11-8)6-1-3-10-4-2-6/h5-6,10H,1-4H2,(H,14,15). The van der Waals surface area contributed by atoms with Crippen LogP contribution in [0.25, 0.3) is 0 Å². The van der Waals surface area contributed by atoms with E-state index in [4.69, 9.17) is 5.11 Å². The summed E-state index contributed by atoms with van der Waals surface area (Å²) in [4.78, 5) is 20.8. The monoisotopic (exact) mass is 240 g/mol. The molecule has 2 rings (SSSR count). The van der Waals surface area contributed by atoms with E-state index in [0.717, 1.165) is 25.9 Å². The minimum absolute atomic E-state index is 0.0306. The average Bonchev–Trinajstić information content (AvgIpc) is 2.75. The number of hydrogen-bond acceptors (Lipinski definition) is 5. The van der Waals surface area contributed by atoms with E-state index in [1.165, 1.54) is 10.9 Å². The second-order valence-electron chi connectivity index (χ2n) is 3.89. The Morgan fingerprint density at radius 2 is 2.24 bits per heavy atom. The van der Waals surface area contributed by atoms with Crippen LogP contribution in [0.3, 0.4) is 0 Å². The molecule has 0 saturated carbocycles. The first-order valence-corrected chi connectivity index (χ1v) is 5.27. The summed E-state index contributed by atoms with van der Waals surface area (Å²) in [6.07, 6.45) is 2.79. The Balaban J connectivity index is 2.32. The Morgan fingerprint density at radius 3 is 2.71 bits per heavy atom. The highest BCUT2D eigenvalue weighted by molar-refractivity contribution is 5.89. The van der Waals surface area contributed by atoms with Gasteiger partial charge in [0, 0.05) is 0 Å². The highest BCUT2D eigenvalue weighted by Crippen LogP contribution is 2.23. The zero-order valence-corrected chi connectivity index (χ0v) is 9.00. The Kier molecular flexibility index (Phi) is 3.05. The number of nitro groups is 1. The highest BCUT2D eigenvalue weighted by Gasteiger charge is 2.27. The van der Waals surface area contributed by atoms with Gasteiger partial charge >= 0.3 is 11.7 Å². The molecule has 1 aliphatic heterocycles. The van der Waals surface area contributed by atoms with Crippen LogP contribution in [0, 0.1) is 10.1 Å². The Labute approximate surface area is 96.4 Å². The number of hydrogen-bond donors (Lipinski definition) is 2. The van der Waals surface area contributed by atoms with Gasteiger partial charge < -0.3 is 10.4 Å². The van der Waals surface area contributed by atoms with Crippen molar-refractivity contribution in [2.24, 2.45) is 0 Å². The third-order valence-electron chi connectivity index (χ3n) is 2.79. The normalized spacial score (nSPS) is 16.9. The maximum atomic E-state index is 10.8. The van der Waals surface area contributed by atoms with Crippen molar-refractivity contribution in [2.45, 2.75) is 18.9 Å². The fraction of sp³-hybridized carbons (Fsp3) is 0.556. The lowest BCUT2D eigenvalue weighted by molar-refractivity contribution is -0.385. The first-order valence-electron chi connectivity index (χ1n) is 5.27. The van der Waals surface area contributed by atoms with E-state index in [0.29, 0.717) is 0 Å². The fourth-order valence-electron chi connectivity index (χ4n) is 1.93. The van der Waals surface area contributed by atoms with E-state index in [-0.39, 0.29) is 6.04 Å². The molecule has 1 aliphatic rings. The maximum absolute atomic E-state index is 10.8. The number of aromatic carboxylic acids is 1. The summed E-state index contributed by atoms with van der Waals surface area (Å²) in [5.74, 6) is -1.37. The van der Waals surface area contributed by atoms with Gasteiger partial charge in [0.1, 0.15) is 6.20 Å². The number of nitrogens with zero attached hydrogens (tertiary/aromatic N) is 3. The molecule has 1 aromatic heterocycles. The van der Waals surface area contributed by atoms with Crippen LogP contribution in [0.4, 0.5) is 5.69 Å². The second kappa shape index (κ2) is 4.50. The third kappa shape index (κ3) is 2.26. The minimum Gasteiger partial charge on any atom is -0.476 e. The van der Waals surface area contributed by atoms with Gasteiger partial charge in [0.15, 0.2) is 0 Å². The predicted molar refractivity (Wildman–Crippen MR) is 57.0 cm³/mol. The molecule has 0 aromatic carbocycles. The lowest BCUT2D eigenvalue weighted by Gasteiger charge is -2.22. The van der Waals surface area contributed by atoms with Crippen molar-refractivity contribution in [1.82, 2.24) is 15.1 Å². The summed E-state index contributed by atoms with van der Waals surface area (Å²) < 4.78 is 1.41. The number of carbonyl (C=O) groups is 1. The Morgan fingerprint density at radius 1 is 1.59 bits per heavy atom. The lowest BCUT2D eigenvalue weighted by Crippen LogP contribution is -2.29. The van der Waals surface area contributed by atoms with Crippen LogP contribution in [0.1, 0.15) is 29.4 Å². The summed E-state index contributed by atoms with van der Waals surface area (Å²) in [5, 5.41) is 26.5. The van der Waals surface area contributed by atoms with E-state index in [1.807, 2.05) is 0 Å². The van der Waals surface area contributed by atoms with Crippen LogP contribution >= 0.6 is 0 Å². The van der Waals surface area contributed by atoms with E-state index < -0.39 is 22.3 Å². The second-order valence-corrected chi connectivity index (χ2v) is 3.89. The minimum atomic E-state index is -1.37. The molecular formula is C9H12N4O4. The molecule has 1 aromatic rings. The Hall–Kier alpha value is -1.96. The van der Waals surface area contributed by atoms with Gasteiger partial charge in [0.2, 0.25) is 5.69 Å².